The smallest absolute Gasteiger partial charge is 0.335 e. The molecular weight excluding hydrogens is 320 g/mol. The first-order valence-corrected chi connectivity index (χ1v) is 10.8. The lowest BCUT2D eigenvalue weighted by atomic mass is 9.99. The molecule has 7 nitrogen and oxygen atoms in total. The molecule has 0 aromatic carbocycles. The third-order valence-corrected chi connectivity index (χ3v) is 9.31. The number of aliphatic hydroxyl groups is 1. The molecule has 2 heterocycles. The van der Waals surface area contributed by atoms with E-state index in [0.29, 0.717) is 0 Å². The minimum Gasteiger partial charge on any atom is -0.479 e. The van der Waals surface area contributed by atoms with Crippen molar-refractivity contribution in [1.82, 2.24) is 0 Å². The number of carbonyl (C=O) groups is 1. The predicted octanol–water partition coefficient (Wildman–Crippen LogP) is 1.70. The summed E-state index contributed by atoms with van der Waals surface area (Å²) in [4.78, 5) is 11.4. The number of hydrogen-bond donors (Lipinski definition) is 2. The third-order valence-electron chi connectivity index (χ3n) is 4.83. The van der Waals surface area contributed by atoms with Crippen LogP contribution in [0.1, 0.15) is 34.6 Å². The highest BCUT2D eigenvalue weighted by molar-refractivity contribution is 6.74. The molecule has 0 spiro atoms. The maximum absolute atomic E-state index is 11.4. The average Bonchev–Trinajstić information content (AvgIpc) is 2.66. The highest BCUT2D eigenvalue weighted by atomic mass is 28.4. The molecule has 2 N–H and O–H groups in total. The molecule has 0 bridgehead atoms. The summed E-state index contributed by atoms with van der Waals surface area (Å²) in [5, 5.41) is 19.6. The molecule has 0 aliphatic carbocycles. The second-order valence-corrected chi connectivity index (χ2v) is 12.9. The van der Waals surface area contributed by atoms with Crippen molar-refractivity contribution in [2.75, 3.05) is 0 Å². The molecule has 0 saturated carbocycles. The van der Waals surface area contributed by atoms with Crippen LogP contribution in [0.3, 0.4) is 0 Å². The number of rotatable bonds is 3. The highest BCUT2D eigenvalue weighted by Crippen LogP contribution is 2.43. The molecule has 2 rings (SSSR count). The van der Waals surface area contributed by atoms with Crippen molar-refractivity contribution >= 4 is 14.3 Å². The second-order valence-electron chi connectivity index (χ2n) is 8.19. The van der Waals surface area contributed by atoms with Gasteiger partial charge < -0.3 is 28.8 Å². The Hall–Kier alpha value is -0.513. The molecule has 8 heteroatoms. The number of carboxylic acids is 1. The SMILES string of the molecule is CC1(C)O[C@@H]2[C@H](O1)[C@@H](O[Si](C)(C)C(C)(C)C)C(O)O[C@@H]2C(=O)O. The van der Waals surface area contributed by atoms with Crippen LogP contribution in [0.5, 0.6) is 0 Å². The lowest BCUT2D eigenvalue weighted by Gasteiger charge is -2.45. The van der Waals surface area contributed by atoms with E-state index in [1.807, 2.05) is 0 Å². The van der Waals surface area contributed by atoms with Gasteiger partial charge >= 0.3 is 5.97 Å². The van der Waals surface area contributed by atoms with Gasteiger partial charge in [-0.2, -0.15) is 0 Å². The van der Waals surface area contributed by atoms with Crippen molar-refractivity contribution in [1.29, 1.82) is 0 Å². The van der Waals surface area contributed by atoms with Crippen molar-refractivity contribution < 1.29 is 33.6 Å². The van der Waals surface area contributed by atoms with E-state index in [4.69, 9.17) is 18.6 Å². The number of aliphatic hydroxyl groups excluding tert-OH is 1. The first kappa shape index (κ1) is 18.8. The molecule has 2 aliphatic rings. The molecule has 23 heavy (non-hydrogen) atoms. The predicted molar refractivity (Wildman–Crippen MR) is 84.4 cm³/mol. The Bertz CT molecular complexity index is 471. The number of ether oxygens (including phenoxy) is 3. The van der Waals surface area contributed by atoms with Crippen LogP contribution in [-0.2, 0) is 23.4 Å². The minimum absolute atomic E-state index is 0.0686. The zero-order valence-corrected chi connectivity index (χ0v) is 15.8. The normalized spacial score (nSPS) is 37.5. The van der Waals surface area contributed by atoms with Gasteiger partial charge in [-0.05, 0) is 32.0 Å². The summed E-state index contributed by atoms with van der Waals surface area (Å²) < 4.78 is 23.1. The summed E-state index contributed by atoms with van der Waals surface area (Å²) in [6.45, 7) is 13.8. The standard InChI is InChI=1S/C15H28O7Si/c1-14(2,3)23(6,7)22-11-9-8(20-15(4,5)21-9)10(12(16)17)19-13(11)18/h8-11,13,18H,1-7H3,(H,16,17)/t8-,9+,10+,11-,13?/m1/s1. The second kappa shape index (κ2) is 5.78. The van der Waals surface area contributed by atoms with E-state index in [1.54, 1.807) is 13.8 Å². The molecule has 134 valence electrons. The van der Waals surface area contributed by atoms with Gasteiger partial charge in [0.2, 0.25) is 0 Å². The van der Waals surface area contributed by atoms with Crippen LogP contribution < -0.4 is 0 Å². The van der Waals surface area contributed by atoms with Crippen LogP contribution in [0.25, 0.3) is 0 Å². The van der Waals surface area contributed by atoms with Crippen molar-refractivity contribution in [3.63, 3.8) is 0 Å². The molecule has 2 fully saturated rings. The minimum atomic E-state index is -2.21. The van der Waals surface area contributed by atoms with Gasteiger partial charge in [0.25, 0.3) is 0 Å². The van der Waals surface area contributed by atoms with Gasteiger partial charge in [0.1, 0.15) is 18.3 Å². The van der Waals surface area contributed by atoms with Gasteiger partial charge in [0.15, 0.2) is 26.5 Å². The zero-order valence-electron chi connectivity index (χ0n) is 14.8. The molecule has 1 unspecified atom stereocenters. The lowest BCUT2D eigenvalue weighted by molar-refractivity contribution is -0.255. The van der Waals surface area contributed by atoms with E-state index >= 15 is 0 Å². The number of hydrogen-bond acceptors (Lipinski definition) is 6. The fraction of sp³-hybridized carbons (Fsp3) is 0.933. The van der Waals surface area contributed by atoms with Gasteiger partial charge in [-0.1, -0.05) is 20.8 Å². The van der Waals surface area contributed by atoms with Gasteiger partial charge in [0, 0.05) is 0 Å². The molecule has 5 atom stereocenters. The topological polar surface area (TPSA) is 94.5 Å². The monoisotopic (exact) mass is 348 g/mol. The Balaban J connectivity index is 2.29. The van der Waals surface area contributed by atoms with Crippen molar-refractivity contribution in [2.45, 2.75) is 89.2 Å². The molecule has 0 amide bonds. The maximum atomic E-state index is 11.4. The molecule has 0 aromatic rings. The van der Waals surface area contributed by atoms with Crippen molar-refractivity contribution in [3.8, 4) is 0 Å². The maximum Gasteiger partial charge on any atom is 0.335 e. The molecular formula is C15H28O7Si. The molecule has 2 saturated heterocycles. The van der Waals surface area contributed by atoms with Crippen LogP contribution in [0.2, 0.25) is 18.1 Å². The van der Waals surface area contributed by atoms with Crippen LogP contribution in [0, 0.1) is 0 Å². The summed E-state index contributed by atoms with van der Waals surface area (Å²) >= 11 is 0. The summed E-state index contributed by atoms with van der Waals surface area (Å²) in [7, 11) is -2.21. The summed E-state index contributed by atoms with van der Waals surface area (Å²) in [5.74, 6) is -2.14. The summed E-state index contributed by atoms with van der Waals surface area (Å²) in [6, 6.07) is 0. The Morgan fingerprint density at radius 2 is 1.70 bits per heavy atom. The van der Waals surface area contributed by atoms with E-state index < -0.39 is 50.8 Å². The average molecular weight is 348 g/mol. The Morgan fingerprint density at radius 3 is 2.17 bits per heavy atom. The highest BCUT2D eigenvalue weighted by Gasteiger charge is 2.59. The quantitative estimate of drug-likeness (QED) is 0.750. The van der Waals surface area contributed by atoms with E-state index in [-0.39, 0.29) is 5.04 Å². The molecule has 0 radical (unpaired) electrons. The van der Waals surface area contributed by atoms with Crippen LogP contribution >= 0.6 is 0 Å². The van der Waals surface area contributed by atoms with Gasteiger partial charge in [-0.15, -0.1) is 0 Å². The van der Waals surface area contributed by atoms with Gasteiger partial charge in [0.05, 0.1) is 0 Å². The first-order chi connectivity index (χ1) is 10.3. The van der Waals surface area contributed by atoms with Crippen molar-refractivity contribution in [3.05, 3.63) is 0 Å². The van der Waals surface area contributed by atoms with Gasteiger partial charge in [-0.25, -0.2) is 4.79 Å². The number of aliphatic carboxylic acids is 1. The van der Waals surface area contributed by atoms with Crippen LogP contribution in [-0.4, -0.2) is 61.0 Å². The van der Waals surface area contributed by atoms with E-state index in [1.165, 1.54) is 0 Å². The van der Waals surface area contributed by atoms with E-state index in [2.05, 4.69) is 33.9 Å². The fourth-order valence-electron chi connectivity index (χ4n) is 2.61. The van der Waals surface area contributed by atoms with Gasteiger partial charge in [-0.3, -0.25) is 0 Å². The number of fused-ring (bicyclic) bond motifs is 1. The Morgan fingerprint density at radius 1 is 1.17 bits per heavy atom. The largest absolute Gasteiger partial charge is 0.479 e. The van der Waals surface area contributed by atoms with Crippen LogP contribution in [0.4, 0.5) is 0 Å². The van der Waals surface area contributed by atoms with E-state index in [0.717, 1.165) is 0 Å². The number of carboxylic acid groups (broad SMARTS) is 1. The first-order valence-electron chi connectivity index (χ1n) is 7.85. The van der Waals surface area contributed by atoms with Crippen molar-refractivity contribution in [2.24, 2.45) is 0 Å². The summed E-state index contributed by atoms with van der Waals surface area (Å²) in [6.07, 6.45) is -4.94. The Kier molecular flexibility index (Phi) is 4.73. The summed E-state index contributed by atoms with van der Waals surface area (Å²) in [5.41, 5.74) is 0. The van der Waals surface area contributed by atoms with E-state index in [9.17, 15) is 15.0 Å². The Labute approximate surface area is 138 Å². The van der Waals surface area contributed by atoms with Crippen LogP contribution in [0.15, 0.2) is 0 Å². The zero-order chi connectivity index (χ0) is 17.8. The molecule has 0 aromatic heterocycles. The third kappa shape index (κ3) is 3.62. The molecule has 2 aliphatic heterocycles. The lowest BCUT2D eigenvalue weighted by Crippen LogP contribution is -2.62. The fourth-order valence-corrected chi connectivity index (χ4v) is 3.90.